The van der Waals surface area contributed by atoms with E-state index < -0.39 is 0 Å². The lowest BCUT2D eigenvalue weighted by Crippen LogP contribution is -2.37. The lowest BCUT2D eigenvalue weighted by Gasteiger charge is -2.16. The molecule has 0 saturated heterocycles. The van der Waals surface area contributed by atoms with Gasteiger partial charge in [-0.25, -0.2) is 0 Å². The molecule has 1 rings (SSSR count). The van der Waals surface area contributed by atoms with Crippen molar-refractivity contribution in [3.63, 3.8) is 0 Å². The Labute approximate surface area is 132 Å². The molecular formula is C16H25ClN2O2. The first-order valence-electron chi connectivity index (χ1n) is 7.52. The molecule has 0 unspecified atom stereocenters. The van der Waals surface area contributed by atoms with Gasteiger partial charge in [0.05, 0.1) is 0 Å². The topological polar surface area (TPSA) is 50.4 Å². The van der Waals surface area contributed by atoms with Crippen LogP contribution < -0.4 is 15.4 Å². The van der Waals surface area contributed by atoms with E-state index in [0.717, 1.165) is 24.9 Å². The Morgan fingerprint density at radius 3 is 2.62 bits per heavy atom. The van der Waals surface area contributed by atoms with Crippen molar-refractivity contribution < 1.29 is 9.53 Å². The van der Waals surface area contributed by atoms with Crippen LogP contribution in [0.3, 0.4) is 0 Å². The van der Waals surface area contributed by atoms with E-state index in [9.17, 15) is 4.79 Å². The molecule has 1 amide bonds. The van der Waals surface area contributed by atoms with Gasteiger partial charge in [0.1, 0.15) is 5.75 Å². The number of ether oxygens (including phenoxy) is 1. The quantitative estimate of drug-likeness (QED) is 0.736. The summed E-state index contributed by atoms with van der Waals surface area (Å²) in [6.45, 7) is 7.62. The van der Waals surface area contributed by atoms with Gasteiger partial charge in [-0.05, 0) is 31.5 Å². The van der Waals surface area contributed by atoms with Gasteiger partial charge in [0.15, 0.2) is 6.61 Å². The number of hydrogen-bond acceptors (Lipinski definition) is 3. The van der Waals surface area contributed by atoms with Crippen LogP contribution in [0.2, 0.25) is 5.02 Å². The predicted molar refractivity (Wildman–Crippen MR) is 86.8 cm³/mol. The first-order valence-corrected chi connectivity index (χ1v) is 7.90. The molecule has 0 aliphatic carbocycles. The minimum atomic E-state index is -0.0990. The van der Waals surface area contributed by atoms with Crippen molar-refractivity contribution in [3.05, 3.63) is 28.8 Å². The molecule has 4 nitrogen and oxygen atoms in total. The zero-order chi connectivity index (χ0) is 15.7. The van der Waals surface area contributed by atoms with Crippen molar-refractivity contribution in [1.82, 2.24) is 10.6 Å². The summed E-state index contributed by atoms with van der Waals surface area (Å²) in [5.41, 5.74) is 0.886. The van der Waals surface area contributed by atoms with Crippen molar-refractivity contribution in [2.45, 2.75) is 46.2 Å². The maximum atomic E-state index is 11.9. The third-order valence-corrected chi connectivity index (χ3v) is 3.69. The molecule has 21 heavy (non-hydrogen) atoms. The molecule has 2 N–H and O–H groups in total. The maximum absolute atomic E-state index is 11.9. The van der Waals surface area contributed by atoms with Crippen LogP contribution in [0.15, 0.2) is 18.2 Å². The lowest BCUT2D eigenvalue weighted by molar-refractivity contribution is -0.123. The van der Waals surface area contributed by atoms with Crippen molar-refractivity contribution in [2.24, 2.45) is 0 Å². The number of carbonyl (C=O) groups is 1. The SMILES string of the molecule is CCNCc1c(Cl)cccc1OCC(=O)NC(CC)CC. The number of amides is 1. The number of nitrogens with one attached hydrogen (secondary N) is 2. The molecule has 0 aromatic heterocycles. The summed E-state index contributed by atoms with van der Waals surface area (Å²) in [6, 6.07) is 5.70. The first kappa shape index (κ1) is 17.8. The highest BCUT2D eigenvalue weighted by atomic mass is 35.5. The van der Waals surface area contributed by atoms with Gasteiger partial charge in [0.2, 0.25) is 0 Å². The fraction of sp³-hybridized carbons (Fsp3) is 0.562. The van der Waals surface area contributed by atoms with Crippen molar-refractivity contribution in [1.29, 1.82) is 0 Å². The summed E-state index contributed by atoms with van der Waals surface area (Å²) in [7, 11) is 0. The van der Waals surface area contributed by atoms with E-state index in [1.807, 2.05) is 25.1 Å². The van der Waals surface area contributed by atoms with Gasteiger partial charge in [-0.2, -0.15) is 0 Å². The van der Waals surface area contributed by atoms with Gasteiger partial charge in [-0.1, -0.05) is 38.4 Å². The van der Waals surface area contributed by atoms with Gasteiger partial charge in [-0.15, -0.1) is 0 Å². The fourth-order valence-electron chi connectivity index (χ4n) is 2.00. The summed E-state index contributed by atoms with van der Waals surface area (Å²) in [5, 5.41) is 6.82. The molecule has 5 heteroatoms. The molecule has 0 spiro atoms. The van der Waals surface area contributed by atoms with E-state index in [1.165, 1.54) is 0 Å². The minimum Gasteiger partial charge on any atom is -0.483 e. The second-order valence-electron chi connectivity index (χ2n) is 4.87. The number of halogens is 1. The van der Waals surface area contributed by atoms with Gasteiger partial charge in [0.25, 0.3) is 5.91 Å². The van der Waals surface area contributed by atoms with Gasteiger partial charge < -0.3 is 15.4 Å². The molecule has 118 valence electrons. The van der Waals surface area contributed by atoms with Crippen LogP contribution in [-0.2, 0) is 11.3 Å². The summed E-state index contributed by atoms with van der Waals surface area (Å²) < 4.78 is 5.63. The van der Waals surface area contributed by atoms with Gasteiger partial charge in [-0.3, -0.25) is 4.79 Å². The Hall–Kier alpha value is -1.26. The maximum Gasteiger partial charge on any atom is 0.258 e. The molecule has 0 fully saturated rings. The number of hydrogen-bond donors (Lipinski definition) is 2. The highest BCUT2D eigenvalue weighted by Gasteiger charge is 2.12. The van der Waals surface area contributed by atoms with Crippen LogP contribution in [-0.4, -0.2) is 25.1 Å². The molecule has 1 aromatic carbocycles. The van der Waals surface area contributed by atoms with Crippen molar-refractivity contribution in [3.8, 4) is 5.75 Å². The number of rotatable bonds is 9. The zero-order valence-electron chi connectivity index (χ0n) is 13.0. The molecule has 1 aromatic rings. The first-order chi connectivity index (χ1) is 10.1. The summed E-state index contributed by atoms with van der Waals surface area (Å²) >= 11 is 6.19. The van der Waals surface area contributed by atoms with E-state index in [1.54, 1.807) is 0 Å². The van der Waals surface area contributed by atoms with Crippen molar-refractivity contribution in [2.75, 3.05) is 13.2 Å². The molecule has 0 aliphatic heterocycles. The molecule has 0 aliphatic rings. The van der Waals surface area contributed by atoms with Crippen LogP contribution in [0.4, 0.5) is 0 Å². The zero-order valence-corrected chi connectivity index (χ0v) is 13.8. The average molecular weight is 313 g/mol. The Morgan fingerprint density at radius 1 is 1.29 bits per heavy atom. The Morgan fingerprint density at radius 2 is 2.00 bits per heavy atom. The van der Waals surface area contributed by atoms with E-state index >= 15 is 0 Å². The van der Waals surface area contributed by atoms with Crippen LogP contribution in [0, 0.1) is 0 Å². The molecule has 0 atom stereocenters. The van der Waals surface area contributed by atoms with Crippen LogP contribution in [0.5, 0.6) is 5.75 Å². The monoisotopic (exact) mass is 312 g/mol. The van der Waals surface area contributed by atoms with Crippen LogP contribution in [0.25, 0.3) is 0 Å². The predicted octanol–water partition coefficient (Wildman–Crippen LogP) is 3.13. The summed E-state index contributed by atoms with van der Waals surface area (Å²) in [5.74, 6) is 0.557. The van der Waals surface area contributed by atoms with E-state index in [2.05, 4.69) is 24.5 Å². The lowest BCUT2D eigenvalue weighted by atomic mass is 10.2. The fourth-order valence-corrected chi connectivity index (χ4v) is 2.23. The Bertz CT molecular complexity index is 448. The normalized spacial score (nSPS) is 10.7. The van der Waals surface area contributed by atoms with Crippen LogP contribution in [0.1, 0.15) is 39.2 Å². The summed E-state index contributed by atoms with van der Waals surface area (Å²) in [6.07, 6.45) is 1.84. The Kier molecular flexibility index (Phi) is 8.16. The molecular weight excluding hydrogens is 288 g/mol. The molecule has 0 radical (unpaired) electrons. The standard InChI is InChI=1S/C16H25ClN2O2/c1-4-12(5-2)19-16(20)11-21-15-9-7-8-14(17)13(15)10-18-6-3/h7-9,12,18H,4-6,10-11H2,1-3H3,(H,19,20). The smallest absolute Gasteiger partial charge is 0.258 e. The highest BCUT2D eigenvalue weighted by molar-refractivity contribution is 6.31. The minimum absolute atomic E-state index is 0.00989. The van der Waals surface area contributed by atoms with Crippen LogP contribution >= 0.6 is 11.6 Å². The highest BCUT2D eigenvalue weighted by Crippen LogP contribution is 2.26. The van der Waals surface area contributed by atoms with E-state index in [-0.39, 0.29) is 18.6 Å². The average Bonchev–Trinajstić information content (AvgIpc) is 2.49. The summed E-state index contributed by atoms with van der Waals surface area (Å²) in [4.78, 5) is 11.9. The largest absolute Gasteiger partial charge is 0.483 e. The third-order valence-electron chi connectivity index (χ3n) is 3.34. The Balaban J connectivity index is 2.62. The molecule has 0 heterocycles. The van der Waals surface area contributed by atoms with E-state index in [4.69, 9.17) is 16.3 Å². The second kappa shape index (κ2) is 9.64. The third kappa shape index (κ3) is 5.94. The number of carbonyl (C=O) groups excluding carboxylic acids is 1. The van der Waals surface area contributed by atoms with E-state index in [0.29, 0.717) is 17.3 Å². The second-order valence-corrected chi connectivity index (χ2v) is 5.27. The van der Waals surface area contributed by atoms with Gasteiger partial charge in [0, 0.05) is 23.2 Å². The molecule has 0 saturated carbocycles. The van der Waals surface area contributed by atoms with Gasteiger partial charge >= 0.3 is 0 Å². The number of benzene rings is 1. The molecule has 0 bridgehead atoms. The van der Waals surface area contributed by atoms with Crippen molar-refractivity contribution >= 4 is 17.5 Å².